The molecule has 11 rings (SSSR count). The first-order chi connectivity index (χ1) is 27.7. The third-order valence-electron chi connectivity index (χ3n) is 11.2. The summed E-state index contributed by atoms with van der Waals surface area (Å²) >= 11 is 1.86. The lowest BCUT2D eigenvalue weighted by Gasteiger charge is -2.26. The lowest BCUT2D eigenvalue weighted by atomic mass is 9.96. The average molecular weight is 730 g/mol. The van der Waals surface area contributed by atoms with Crippen LogP contribution in [0.3, 0.4) is 0 Å². The second-order valence-electron chi connectivity index (χ2n) is 14.6. The largest absolute Gasteiger partial charge is 0.310 e. The van der Waals surface area contributed by atoms with Crippen LogP contribution in [0.1, 0.15) is 0 Å². The van der Waals surface area contributed by atoms with Crippen LogP contribution in [0.15, 0.2) is 212 Å². The SMILES string of the molecule is c1ccc(-c2ccc(N(c3ccc(-c4ccc5sc6ccccc6c5c4)cc3)c3ccc4cc(-c5ccc6c(ccc7ccccc76)c5)ccc4c3)cc2)cc1. The predicted molar refractivity (Wildman–Crippen MR) is 243 cm³/mol. The van der Waals surface area contributed by atoms with E-state index >= 15 is 0 Å². The molecular formula is C54H35NS. The van der Waals surface area contributed by atoms with Gasteiger partial charge in [-0.05, 0) is 132 Å². The number of hydrogen-bond acceptors (Lipinski definition) is 2. The minimum atomic E-state index is 1.11. The molecule has 1 aromatic heterocycles. The van der Waals surface area contributed by atoms with Gasteiger partial charge in [0, 0.05) is 37.2 Å². The number of anilines is 3. The fourth-order valence-corrected chi connectivity index (χ4v) is 9.42. The van der Waals surface area contributed by atoms with Gasteiger partial charge in [-0.3, -0.25) is 0 Å². The number of hydrogen-bond donors (Lipinski definition) is 0. The van der Waals surface area contributed by atoms with Crippen molar-refractivity contribution < 1.29 is 0 Å². The zero-order valence-electron chi connectivity index (χ0n) is 30.6. The Bertz CT molecular complexity index is 3230. The van der Waals surface area contributed by atoms with Gasteiger partial charge in [-0.2, -0.15) is 0 Å². The molecule has 262 valence electrons. The van der Waals surface area contributed by atoms with Crippen LogP contribution >= 0.6 is 11.3 Å². The van der Waals surface area contributed by atoms with E-state index in [1.807, 2.05) is 11.3 Å². The van der Waals surface area contributed by atoms with Crippen LogP contribution in [0.4, 0.5) is 17.1 Å². The molecule has 10 aromatic carbocycles. The maximum Gasteiger partial charge on any atom is 0.0468 e. The van der Waals surface area contributed by atoms with E-state index in [2.05, 4.69) is 217 Å². The van der Waals surface area contributed by atoms with Crippen LogP contribution in [0.5, 0.6) is 0 Å². The van der Waals surface area contributed by atoms with Gasteiger partial charge in [0.25, 0.3) is 0 Å². The summed E-state index contributed by atoms with van der Waals surface area (Å²) in [6.45, 7) is 0. The van der Waals surface area contributed by atoms with Crippen LogP contribution in [-0.4, -0.2) is 0 Å². The van der Waals surface area contributed by atoms with Crippen LogP contribution in [0.2, 0.25) is 0 Å². The van der Waals surface area contributed by atoms with Crippen LogP contribution < -0.4 is 4.90 Å². The van der Waals surface area contributed by atoms with Gasteiger partial charge in [-0.25, -0.2) is 0 Å². The van der Waals surface area contributed by atoms with Crippen molar-refractivity contribution in [3.05, 3.63) is 212 Å². The lowest BCUT2D eigenvalue weighted by molar-refractivity contribution is 1.29. The topological polar surface area (TPSA) is 3.24 Å². The molecular weight excluding hydrogens is 695 g/mol. The van der Waals surface area contributed by atoms with Crippen molar-refractivity contribution in [2.45, 2.75) is 0 Å². The smallest absolute Gasteiger partial charge is 0.0468 e. The fourth-order valence-electron chi connectivity index (χ4n) is 8.33. The summed E-state index contributed by atoms with van der Waals surface area (Å²) < 4.78 is 2.66. The number of fused-ring (bicyclic) bond motifs is 7. The Morgan fingerprint density at radius 2 is 0.732 bits per heavy atom. The van der Waals surface area contributed by atoms with Crippen molar-refractivity contribution in [2.75, 3.05) is 4.90 Å². The van der Waals surface area contributed by atoms with Gasteiger partial charge in [-0.1, -0.05) is 146 Å². The van der Waals surface area contributed by atoms with Gasteiger partial charge in [-0.15, -0.1) is 11.3 Å². The molecule has 11 aromatic rings. The standard InChI is InChI=1S/C54H35NS/c1-2-8-36(9-3-1)37-18-25-46(26-19-37)55(47-27-20-38(21-28-47)44-24-31-54-52(35-44)51-12-6-7-13-53(51)56-54)48-29-22-41-32-40(15-16-43(41)34-48)42-23-30-50-45(33-42)17-14-39-10-4-5-11-49(39)50/h1-35H. The van der Waals surface area contributed by atoms with Crippen molar-refractivity contribution in [3.8, 4) is 33.4 Å². The van der Waals surface area contributed by atoms with Gasteiger partial charge in [0.1, 0.15) is 0 Å². The lowest BCUT2D eigenvalue weighted by Crippen LogP contribution is -2.09. The summed E-state index contributed by atoms with van der Waals surface area (Å²) in [5, 5.41) is 10.2. The fraction of sp³-hybridized carbons (Fsp3) is 0. The zero-order chi connectivity index (χ0) is 37.0. The van der Waals surface area contributed by atoms with E-state index in [0.29, 0.717) is 0 Å². The quantitative estimate of drug-likeness (QED) is 0.154. The van der Waals surface area contributed by atoms with Crippen molar-refractivity contribution in [1.29, 1.82) is 0 Å². The number of thiophene rings is 1. The van der Waals surface area contributed by atoms with Gasteiger partial charge in [0.05, 0.1) is 0 Å². The molecule has 1 nitrogen and oxygen atoms in total. The predicted octanol–water partition coefficient (Wildman–Crippen LogP) is 16.0. The summed E-state index contributed by atoms with van der Waals surface area (Å²) in [7, 11) is 0. The van der Waals surface area contributed by atoms with Crippen molar-refractivity contribution in [2.24, 2.45) is 0 Å². The van der Waals surface area contributed by atoms with E-state index in [9.17, 15) is 0 Å². The van der Waals surface area contributed by atoms with Gasteiger partial charge < -0.3 is 4.90 Å². The molecule has 0 aliphatic carbocycles. The summed E-state index contributed by atoms with van der Waals surface area (Å²) in [5.41, 5.74) is 10.6. The molecule has 1 heterocycles. The maximum atomic E-state index is 2.37. The normalized spacial score (nSPS) is 11.6. The Morgan fingerprint density at radius 3 is 1.54 bits per heavy atom. The minimum absolute atomic E-state index is 1.11. The second kappa shape index (κ2) is 13.4. The first-order valence-electron chi connectivity index (χ1n) is 19.2. The highest BCUT2D eigenvalue weighted by atomic mass is 32.1. The van der Waals surface area contributed by atoms with E-state index in [4.69, 9.17) is 0 Å². The highest BCUT2D eigenvalue weighted by Crippen LogP contribution is 2.40. The third kappa shape index (κ3) is 5.71. The Labute approximate surface area is 330 Å². The summed E-state index contributed by atoms with van der Waals surface area (Å²) in [4.78, 5) is 2.37. The number of nitrogens with zero attached hydrogens (tertiary/aromatic N) is 1. The van der Waals surface area contributed by atoms with Crippen LogP contribution in [-0.2, 0) is 0 Å². The molecule has 2 heteroatoms. The first-order valence-corrected chi connectivity index (χ1v) is 20.0. The monoisotopic (exact) mass is 729 g/mol. The Hall–Kier alpha value is -7.00. The average Bonchev–Trinajstić information content (AvgIpc) is 3.65. The number of rotatable bonds is 6. The third-order valence-corrected chi connectivity index (χ3v) is 12.4. The van der Waals surface area contributed by atoms with Crippen molar-refractivity contribution in [3.63, 3.8) is 0 Å². The first kappa shape index (κ1) is 32.4. The highest BCUT2D eigenvalue weighted by Gasteiger charge is 2.15. The Kier molecular flexibility index (Phi) is 7.75. The molecule has 56 heavy (non-hydrogen) atoms. The zero-order valence-corrected chi connectivity index (χ0v) is 31.4. The molecule has 0 saturated heterocycles. The molecule has 0 aliphatic heterocycles. The number of benzene rings is 10. The van der Waals surface area contributed by atoms with E-state index in [1.165, 1.54) is 85.9 Å². The van der Waals surface area contributed by atoms with Crippen molar-refractivity contribution >= 4 is 80.9 Å². The van der Waals surface area contributed by atoms with Gasteiger partial charge in [0.15, 0.2) is 0 Å². The molecule has 0 unspecified atom stereocenters. The molecule has 0 amide bonds. The molecule has 0 fully saturated rings. The Morgan fingerprint density at radius 1 is 0.250 bits per heavy atom. The molecule has 0 radical (unpaired) electrons. The summed E-state index contributed by atoms with van der Waals surface area (Å²) in [5.74, 6) is 0. The molecule has 0 atom stereocenters. The molecule has 0 spiro atoms. The van der Waals surface area contributed by atoms with E-state index < -0.39 is 0 Å². The van der Waals surface area contributed by atoms with Gasteiger partial charge in [0.2, 0.25) is 0 Å². The van der Waals surface area contributed by atoms with E-state index in [-0.39, 0.29) is 0 Å². The minimum Gasteiger partial charge on any atom is -0.310 e. The summed E-state index contributed by atoms with van der Waals surface area (Å²) in [6, 6.07) is 77.8. The Balaban J connectivity index is 0.966. The molecule has 0 N–H and O–H groups in total. The van der Waals surface area contributed by atoms with E-state index in [1.54, 1.807) is 0 Å². The van der Waals surface area contributed by atoms with Gasteiger partial charge >= 0.3 is 0 Å². The second-order valence-corrected chi connectivity index (χ2v) is 15.7. The van der Waals surface area contributed by atoms with E-state index in [0.717, 1.165) is 17.1 Å². The van der Waals surface area contributed by atoms with Crippen LogP contribution in [0.25, 0.3) is 85.9 Å². The summed E-state index contributed by atoms with van der Waals surface area (Å²) in [6.07, 6.45) is 0. The molecule has 0 saturated carbocycles. The highest BCUT2D eigenvalue weighted by molar-refractivity contribution is 7.25. The van der Waals surface area contributed by atoms with Crippen molar-refractivity contribution in [1.82, 2.24) is 0 Å². The molecule has 0 bridgehead atoms. The molecule has 0 aliphatic rings. The maximum absolute atomic E-state index is 2.37. The van der Waals surface area contributed by atoms with Crippen LogP contribution in [0, 0.1) is 0 Å².